The van der Waals surface area contributed by atoms with E-state index in [-0.39, 0.29) is 0 Å². The molecule has 0 aromatic carbocycles. The molecule has 1 aromatic rings. The number of aromatic nitrogens is 1. The number of methoxy groups -OCH3 is 1. The first kappa shape index (κ1) is 14.8. The maximum Gasteiger partial charge on any atom is 0.185 e. The Morgan fingerprint density at radius 1 is 1.53 bits per heavy atom. The first-order chi connectivity index (χ1) is 9.24. The van der Waals surface area contributed by atoms with Crippen molar-refractivity contribution in [1.82, 2.24) is 10.3 Å². The Bertz CT molecular complexity index is 394. The fourth-order valence-electron chi connectivity index (χ4n) is 2.47. The van der Waals surface area contributed by atoms with Gasteiger partial charge in [0.2, 0.25) is 0 Å². The van der Waals surface area contributed by atoms with Crippen LogP contribution in [0.15, 0.2) is 0 Å². The lowest BCUT2D eigenvalue weighted by Gasteiger charge is -2.14. The molecule has 1 aromatic heterocycles. The molecule has 1 aliphatic heterocycles. The minimum absolute atomic E-state index is 0.663. The van der Waals surface area contributed by atoms with Gasteiger partial charge in [0, 0.05) is 37.5 Å². The summed E-state index contributed by atoms with van der Waals surface area (Å²) in [7, 11) is 1.79. The number of nitrogens with zero attached hydrogens (tertiary/aromatic N) is 2. The summed E-state index contributed by atoms with van der Waals surface area (Å²) in [5, 5.41) is 4.64. The molecule has 1 unspecified atom stereocenters. The van der Waals surface area contributed by atoms with Gasteiger partial charge in [-0.2, -0.15) is 0 Å². The fourth-order valence-corrected chi connectivity index (χ4v) is 3.53. The van der Waals surface area contributed by atoms with Gasteiger partial charge < -0.3 is 15.0 Å². The standard InChI is InChI=1S/C14H25N3OS/c1-4-6-15-8-13-11(2)16-14(19-13)17-7-5-12(9-17)10-18-3/h12,15H,4-10H2,1-3H3. The summed E-state index contributed by atoms with van der Waals surface area (Å²) in [6.07, 6.45) is 2.39. The fraction of sp³-hybridized carbons (Fsp3) is 0.786. The maximum atomic E-state index is 5.25. The third-order valence-electron chi connectivity index (χ3n) is 3.55. The van der Waals surface area contributed by atoms with Crippen LogP contribution in [0.1, 0.15) is 30.3 Å². The highest BCUT2D eigenvalue weighted by Crippen LogP contribution is 2.30. The van der Waals surface area contributed by atoms with Crippen molar-refractivity contribution in [1.29, 1.82) is 0 Å². The summed E-state index contributed by atoms with van der Waals surface area (Å²) < 4.78 is 5.25. The highest BCUT2D eigenvalue weighted by atomic mass is 32.1. The largest absolute Gasteiger partial charge is 0.384 e. The molecule has 2 heterocycles. The SMILES string of the molecule is CCCNCc1sc(N2CCC(COC)C2)nc1C. The van der Waals surface area contributed by atoms with Crippen LogP contribution in [0, 0.1) is 12.8 Å². The van der Waals surface area contributed by atoms with Gasteiger partial charge in [-0.3, -0.25) is 0 Å². The number of anilines is 1. The lowest BCUT2D eigenvalue weighted by Crippen LogP contribution is -2.20. The molecule has 4 nitrogen and oxygen atoms in total. The number of nitrogens with one attached hydrogen (secondary N) is 1. The van der Waals surface area contributed by atoms with E-state index in [9.17, 15) is 0 Å². The molecule has 0 radical (unpaired) electrons. The second-order valence-corrected chi connectivity index (χ2v) is 6.30. The summed E-state index contributed by atoms with van der Waals surface area (Å²) in [5.74, 6) is 0.663. The van der Waals surface area contributed by atoms with Gasteiger partial charge in [0.25, 0.3) is 0 Å². The van der Waals surface area contributed by atoms with Crippen LogP contribution in [0.5, 0.6) is 0 Å². The topological polar surface area (TPSA) is 37.4 Å². The van der Waals surface area contributed by atoms with E-state index < -0.39 is 0 Å². The molecule has 1 fully saturated rings. The third kappa shape index (κ3) is 3.91. The number of ether oxygens (including phenoxy) is 1. The molecule has 0 saturated carbocycles. The van der Waals surface area contributed by atoms with Crippen LogP contribution in [0.25, 0.3) is 0 Å². The number of rotatable bonds is 7. The van der Waals surface area contributed by atoms with Crippen molar-refractivity contribution in [3.05, 3.63) is 10.6 Å². The second kappa shape index (κ2) is 7.22. The highest BCUT2D eigenvalue weighted by Gasteiger charge is 2.25. The number of hydrogen-bond donors (Lipinski definition) is 1. The number of aryl methyl sites for hydroxylation is 1. The molecule has 19 heavy (non-hydrogen) atoms. The van der Waals surface area contributed by atoms with Crippen LogP contribution in [0.2, 0.25) is 0 Å². The Morgan fingerprint density at radius 2 is 2.37 bits per heavy atom. The smallest absolute Gasteiger partial charge is 0.185 e. The van der Waals surface area contributed by atoms with Crippen molar-refractivity contribution in [2.24, 2.45) is 5.92 Å². The Balaban J connectivity index is 1.92. The first-order valence-corrected chi connectivity index (χ1v) is 7.97. The first-order valence-electron chi connectivity index (χ1n) is 7.15. The predicted octanol–water partition coefficient (Wildman–Crippen LogP) is 2.42. The minimum atomic E-state index is 0.663. The molecule has 1 saturated heterocycles. The zero-order valence-corrected chi connectivity index (χ0v) is 13.1. The highest BCUT2D eigenvalue weighted by molar-refractivity contribution is 7.15. The van der Waals surface area contributed by atoms with Crippen molar-refractivity contribution in [2.45, 2.75) is 33.2 Å². The lowest BCUT2D eigenvalue weighted by atomic mass is 10.1. The molecule has 0 aliphatic carbocycles. The van der Waals surface area contributed by atoms with Crippen molar-refractivity contribution in [3.8, 4) is 0 Å². The molecule has 1 aliphatic rings. The Labute approximate surface area is 120 Å². The van der Waals surface area contributed by atoms with Crippen LogP contribution in [0.4, 0.5) is 5.13 Å². The van der Waals surface area contributed by atoms with E-state index in [0.717, 1.165) is 32.8 Å². The van der Waals surface area contributed by atoms with Crippen LogP contribution < -0.4 is 10.2 Å². The molecule has 0 bridgehead atoms. The second-order valence-electron chi connectivity index (χ2n) is 5.24. The van der Waals surface area contributed by atoms with Crippen LogP contribution >= 0.6 is 11.3 Å². The van der Waals surface area contributed by atoms with Crippen LogP contribution in [-0.4, -0.2) is 38.3 Å². The summed E-state index contributed by atoms with van der Waals surface area (Å²) in [5.41, 5.74) is 1.18. The normalized spacial score (nSPS) is 19.3. The predicted molar refractivity (Wildman–Crippen MR) is 81.0 cm³/mol. The van der Waals surface area contributed by atoms with Gasteiger partial charge in [0.1, 0.15) is 0 Å². The monoisotopic (exact) mass is 283 g/mol. The van der Waals surface area contributed by atoms with Gasteiger partial charge in [0.15, 0.2) is 5.13 Å². The molecule has 0 spiro atoms. The number of hydrogen-bond acceptors (Lipinski definition) is 5. The average Bonchev–Trinajstić information content (AvgIpc) is 2.98. The van der Waals surface area contributed by atoms with Gasteiger partial charge in [-0.1, -0.05) is 6.92 Å². The molecule has 1 N–H and O–H groups in total. The summed E-state index contributed by atoms with van der Waals surface area (Å²) in [6, 6.07) is 0. The van der Waals surface area contributed by atoms with E-state index in [2.05, 4.69) is 24.1 Å². The summed E-state index contributed by atoms with van der Waals surface area (Å²) in [4.78, 5) is 8.51. The Morgan fingerprint density at radius 3 is 3.11 bits per heavy atom. The minimum Gasteiger partial charge on any atom is -0.384 e. The van der Waals surface area contributed by atoms with Gasteiger partial charge in [-0.25, -0.2) is 4.98 Å². The molecule has 2 rings (SSSR count). The quantitative estimate of drug-likeness (QED) is 0.780. The molecular formula is C14H25N3OS. The molecular weight excluding hydrogens is 258 g/mol. The average molecular weight is 283 g/mol. The Kier molecular flexibility index (Phi) is 5.60. The number of thiazole rings is 1. The van der Waals surface area contributed by atoms with Gasteiger partial charge >= 0.3 is 0 Å². The zero-order valence-electron chi connectivity index (χ0n) is 12.2. The zero-order chi connectivity index (χ0) is 13.7. The van der Waals surface area contributed by atoms with Crippen LogP contribution in [-0.2, 0) is 11.3 Å². The van der Waals surface area contributed by atoms with E-state index >= 15 is 0 Å². The third-order valence-corrected chi connectivity index (χ3v) is 4.77. The van der Waals surface area contributed by atoms with E-state index in [1.807, 2.05) is 11.3 Å². The lowest BCUT2D eigenvalue weighted by molar-refractivity contribution is 0.161. The van der Waals surface area contributed by atoms with Crippen molar-refractivity contribution < 1.29 is 4.74 Å². The summed E-state index contributed by atoms with van der Waals surface area (Å²) in [6.45, 7) is 9.40. The van der Waals surface area contributed by atoms with E-state index in [1.165, 1.54) is 28.5 Å². The van der Waals surface area contributed by atoms with Crippen molar-refractivity contribution in [2.75, 3.05) is 38.3 Å². The van der Waals surface area contributed by atoms with Crippen molar-refractivity contribution in [3.63, 3.8) is 0 Å². The summed E-state index contributed by atoms with van der Waals surface area (Å²) >= 11 is 1.84. The van der Waals surface area contributed by atoms with Crippen LogP contribution in [0.3, 0.4) is 0 Å². The molecule has 1 atom stereocenters. The molecule has 108 valence electrons. The van der Waals surface area contributed by atoms with E-state index in [4.69, 9.17) is 9.72 Å². The van der Waals surface area contributed by atoms with Gasteiger partial charge in [-0.15, -0.1) is 11.3 Å². The van der Waals surface area contributed by atoms with Gasteiger partial charge in [-0.05, 0) is 26.3 Å². The van der Waals surface area contributed by atoms with E-state index in [0.29, 0.717) is 5.92 Å². The van der Waals surface area contributed by atoms with Gasteiger partial charge in [0.05, 0.1) is 12.3 Å². The maximum absolute atomic E-state index is 5.25. The van der Waals surface area contributed by atoms with Crippen molar-refractivity contribution >= 4 is 16.5 Å². The Hall–Kier alpha value is -0.650. The molecule has 5 heteroatoms. The van der Waals surface area contributed by atoms with E-state index in [1.54, 1.807) is 7.11 Å². The molecule has 0 amide bonds.